The minimum absolute atomic E-state index is 0.112. The Morgan fingerprint density at radius 3 is 2.91 bits per heavy atom. The molecule has 2 fully saturated rings. The largest absolute Gasteiger partial charge is 0.389 e. The summed E-state index contributed by atoms with van der Waals surface area (Å²) in [5, 5.41) is 10.4. The maximum absolute atomic E-state index is 10.4. The number of aliphatic hydroxyl groups is 1. The van der Waals surface area contributed by atoms with Gasteiger partial charge in [0.05, 0.1) is 17.8 Å². The van der Waals surface area contributed by atoms with Gasteiger partial charge < -0.3 is 9.84 Å². The number of rotatable bonds is 4. The third-order valence-corrected chi connectivity index (χ3v) is 6.48. The highest BCUT2D eigenvalue weighted by atomic mass is 16.5. The van der Waals surface area contributed by atoms with Crippen molar-refractivity contribution >= 4 is 0 Å². The third-order valence-electron chi connectivity index (χ3n) is 6.48. The van der Waals surface area contributed by atoms with Crippen LogP contribution in [0.25, 0.3) is 0 Å². The Balaban J connectivity index is 1.74. The lowest BCUT2D eigenvalue weighted by molar-refractivity contribution is -0.125. The summed E-state index contributed by atoms with van der Waals surface area (Å²) in [5.74, 6) is 2.06. The lowest BCUT2D eigenvalue weighted by Gasteiger charge is -2.40. The summed E-state index contributed by atoms with van der Waals surface area (Å²) in [4.78, 5) is 0. The summed E-state index contributed by atoms with van der Waals surface area (Å²) >= 11 is 0. The molecule has 0 amide bonds. The van der Waals surface area contributed by atoms with E-state index in [1.807, 2.05) is 0 Å². The number of aliphatic hydroxyl groups excluding tert-OH is 1. The molecule has 0 saturated carbocycles. The molecule has 0 aromatic heterocycles. The van der Waals surface area contributed by atoms with Crippen LogP contribution in [0.3, 0.4) is 0 Å². The van der Waals surface area contributed by atoms with Crippen molar-refractivity contribution in [1.82, 2.24) is 0 Å². The zero-order valence-corrected chi connectivity index (χ0v) is 14.8. The zero-order valence-electron chi connectivity index (χ0n) is 14.8. The number of hydrogen-bond donors (Lipinski definition) is 1. The van der Waals surface area contributed by atoms with E-state index in [4.69, 9.17) is 4.74 Å². The number of allylic oxidation sites excluding steroid dienone is 2. The molecule has 1 unspecified atom stereocenters. The molecule has 22 heavy (non-hydrogen) atoms. The van der Waals surface area contributed by atoms with Crippen LogP contribution in [0.1, 0.15) is 60.3 Å². The predicted octanol–water partition coefficient (Wildman–Crippen LogP) is 4.49. The predicted molar refractivity (Wildman–Crippen MR) is 90.6 cm³/mol. The molecule has 0 aromatic rings. The molecular weight excluding hydrogens is 272 g/mol. The van der Waals surface area contributed by atoms with E-state index in [1.54, 1.807) is 0 Å². The highest BCUT2D eigenvalue weighted by Crippen LogP contribution is 2.58. The van der Waals surface area contributed by atoms with Gasteiger partial charge in [0.1, 0.15) is 0 Å². The summed E-state index contributed by atoms with van der Waals surface area (Å²) in [5.41, 5.74) is 2.66. The minimum Gasteiger partial charge on any atom is -0.389 e. The van der Waals surface area contributed by atoms with Crippen molar-refractivity contribution in [3.8, 4) is 0 Å². The Morgan fingerprint density at radius 2 is 2.23 bits per heavy atom. The second kappa shape index (κ2) is 5.79. The van der Waals surface area contributed by atoms with Crippen molar-refractivity contribution in [2.45, 2.75) is 78.1 Å². The van der Waals surface area contributed by atoms with E-state index in [0.29, 0.717) is 23.9 Å². The maximum atomic E-state index is 10.4. The lowest BCUT2D eigenvalue weighted by atomic mass is 9.77. The molecule has 3 aliphatic rings. The monoisotopic (exact) mass is 304 g/mol. The van der Waals surface area contributed by atoms with E-state index >= 15 is 0 Å². The average Bonchev–Trinajstić information content (AvgIpc) is 2.85. The number of hydrogen-bond acceptors (Lipinski definition) is 2. The highest BCUT2D eigenvalue weighted by Gasteiger charge is 2.61. The maximum Gasteiger partial charge on any atom is 0.0785 e. The third kappa shape index (κ3) is 2.59. The summed E-state index contributed by atoms with van der Waals surface area (Å²) in [6.07, 6.45) is 9.22. The summed E-state index contributed by atoms with van der Waals surface area (Å²) in [6.45, 7) is 11.2. The Kier molecular flexibility index (Phi) is 4.28. The van der Waals surface area contributed by atoms with Gasteiger partial charge in [0.25, 0.3) is 0 Å². The first kappa shape index (κ1) is 16.3. The minimum atomic E-state index is -0.306. The molecule has 0 radical (unpaired) electrons. The van der Waals surface area contributed by atoms with Crippen molar-refractivity contribution < 1.29 is 9.84 Å². The van der Waals surface area contributed by atoms with Gasteiger partial charge in [0.15, 0.2) is 0 Å². The van der Waals surface area contributed by atoms with Gasteiger partial charge in [0.2, 0.25) is 0 Å². The fourth-order valence-corrected chi connectivity index (χ4v) is 5.30. The van der Waals surface area contributed by atoms with Crippen LogP contribution in [0.5, 0.6) is 0 Å². The molecule has 0 aromatic carbocycles. The van der Waals surface area contributed by atoms with E-state index in [9.17, 15) is 5.11 Å². The summed E-state index contributed by atoms with van der Waals surface area (Å²) in [7, 11) is 0. The molecule has 2 bridgehead atoms. The Hall–Kier alpha value is -0.600. The van der Waals surface area contributed by atoms with Crippen LogP contribution in [0.4, 0.5) is 0 Å². The summed E-state index contributed by atoms with van der Waals surface area (Å²) in [6, 6.07) is 0. The average molecular weight is 304 g/mol. The quantitative estimate of drug-likeness (QED) is 0.775. The van der Waals surface area contributed by atoms with E-state index in [0.717, 1.165) is 6.42 Å². The van der Waals surface area contributed by atoms with Crippen LogP contribution in [0, 0.1) is 23.7 Å². The van der Waals surface area contributed by atoms with Gasteiger partial charge in [0, 0.05) is 11.8 Å². The highest BCUT2D eigenvalue weighted by molar-refractivity contribution is 5.27. The fourth-order valence-electron chi connectivity index (χ4n) is 5.30. The van der Waals surface area contributed by atoms with Crippen LogP contribution in [0.2, 0.25) is 0 Å². The SMILES string of the molecule is CC(C)=CCCC(C)[C@@H]1CC[C@]2(C)O[C@H]1[C@@H]1C(C)=C[C@@H](O)[C@H]12. The molecular formula is C20H32O2. The van der Waals surface area contributed by atoms with Crippen LogP contribution in [-0.4, -0.2) is 22.9 Å². The van der Waals surface area contributed by atoms with Gasteiger partial charge in [-0.05, 0) is 65.2 Å². The van der Waals surface area contributed by atoms with Crippen molar-refractivity contribution in [2.75, 3.05) is 0 Å². The van der Waals surface area contributed by atoms with Gasteiger partial charge in [-0.1, -0.05) is 30.2 Å². The second-order valence-electron chi connectivity index (χ2n) is 8.39. The van der Waals surface area contributed by atoms with Crippen molar-refractivity contribution in [3.63, 3.8) is 0 Å². The Labute approximate surface area is 135 Å². The van der Waals surface area contributed by atoms with Gasteiger partial charge in [-0.15, -0.1) is 0 Å². The first-order valence-corrected chi connectivity index (χ1v) is 9.01. The van der Waals surface area contributed by atoms with Gasteiger partial charge in [-0.3, -0.25) is 0 Å². The second-order valence-corrected chi connectivity index (χ2v) is 8.39. The fraction of sp³-hybridized carbons (Fsp3) is 0.800. The van der Waals surface area contributed by atoms with Gasteiger partial charge in [-0.2, -0.15) is 0 Å². The molecule has 2 nitrogen and oxygen atoms in total. The molecule has 1 N–H and O–H groups in total. The van der Waals surface area contributed by atoms with Crippen molar-refractivity contribution in [1.29, 1.82) is 0 Å². The van der Waals surface area contributed by atoms with E-state index in [-0.39, 0.29) is 17.6 Å². The van der Waals surface area contributed by atoms with E-state index in [2.05, 4.69) is 46.8 Å². The van der Waals surface area contributed by atoms with Crippen LogP contribution in [0.15, 0.2) is 23.3 Å². The van der Waals surface area contributed by atoms with Crippen molar-refractivity contribution in [2.24, 2.45) is 23.7 Å². The Bertz CT molecular complexity index is 488. The van der Waals surface area contributed by atoms with Crippen LogP contribution >= 0.6 is 0 Å². The zero-order chi connectivity index (χ0) is 16.1. The number of fused-ring (bicyclic) bond motifs is 5. The van der Waals surface area contributed by atoms with Crippen LogP contribution < -0.4 is 0 Å². The topological polar surface area (TPSA) is 29.5 Å². The molecule has 1 aliphatic carbocycles. The van der Waals surface area contributed by atoms with Gasteiger partial charge >= 0.3 is 0 Å². The van der Waals surface area contributed by atoms with E-state index in [1.165, 1.54) is 30.4 Å². The molecule has 7 atom stereocenters. The lowest BCUT2D eigenvalue weighted by Crippen LogP contribution is -2.42. The molecule has 124 valence electrons. The van der Waals surface area contributed by atoms with Crippen molar-refractivity contribution in [3.05, 3.63) is 23.3 Å². The van der Waals surface area contributed by atoms with Crippen LogP contribution in [-0.2, 0) is 4.74 Å². The first-order chi connectivity index (χ1) is 10.3. The first-order valence-electron chi connectivity index (χ1n) is 9.01. The Morgan fingerprint density at radius 1 is 1.50 bits per heavy atom. The smallest absolute Gasteiger partial charge is 0.0785 e. The van der Waals surface area contributed by atoms with E-state index < -0.39 is 0 Å². The molecule has 2 aliphatic heterocycles. The molecule has 2 saturated heterocycles. The molecule has 2 heteroatoms. The normalized spacial score (nSPS) is 44.5. The molecule has 2 heterocycles. The standard InChI is InChI=1S/C20H32O2/c1-12(2)7-6-8-13(3)15-9-10-20(5)18-16(21)11-14(4)17(18)19(15)22-20/h7,11,13,15-19,21H,6,8-10H2,1-5H3/t13?,15-,16+,17+,18+,19+,20-/m0/s1. The molecule has 0 spiro atoms. The summed E-state index contributed by atoms with van der Waals surface area (Å²) < 4.78 is 6.54. The van der Waals surface area contributed by atoms with Gasteiger partial charge in [-0.25, -0.2) is 0 Å². The number of ether oxygens (including phenoxy) is 1. The molecule has 3 rings (SSSR count).